The molecule has 0 aliphatic rings. The molecular formula is C10H10N4OS. The van der Waals surface area contributed by atoms with Crippen LogP contribution in [0.1, 0.15) is 0 Å². The second-order valence-corrected chi connectivity index (χ2v) is 3.89. The van der Waals surface area contributed by atoms with Crippen molar-refractivity contribution in [2.24, 2.45) is 7.05 Å². The molecule has 0 aliphatic carbocycles. The molecule has 0 spiro atoms. The van der Waals surface area contributed by atoms with E-state index in [0.717, 1.165) is 0 Å². The van der Waals surface area contributed by atoms with Gasteiger partial charge in [-0.05, 0) is 6.26 Å². The number of hydrogen-bond donors (Lipinski definition) is 0. The zero-order chi connectivity index (χ0) is 11.5. The molecule has 2 heterocycles. The highest BCUT2D eigenvalue weighted by atomic mass is 32.2. The molecular weight excluding hydrogens is 224 g/mol. The van der Waals surface area contributed by atoms with Crippen LogP contribution >= 0.6 is 11.8 Å². The number of rotatable bonds is 2. The Bertz CT molecular complexity index is 552. The summed E-state index contributed by atoms with van der Waals surface area (Å²) in [4.78, 5) is 24.1. The molecule has 0 amide bonds. The van der Waals surface area contributed by atoms with Crippen LogP contribution in [0.3, 0.4) is 0 Å². The summed E-state index contributed by atoms with van der Waals surface area (Å²) >= 11 is 1.42. The van der Waals surface area contributed by atoms with Gasteiger partial charge >= 0.3 is 0 Å². The Labute approximate surface area is 96.6 Å². The van der Waals surface area contributed by atoms with Crippen molar-refractivity contribution in [3.63, 3.8) is 0 Å². The van der Waals surface area contributed by atoms with Crippen LogP contribution in [-0.4, -0.2) is 25.8 Å². The fourth-order valence-corrected chi connectivity index (χ4v) is 1.82. The van der Waals surface area contributed by atoms with Crippen LogP contribution in [0.5, 0.6) is 0 Å². The van der Waals surface area contributed by atoms with Gasteiger partial charge in [-0.2, -0.15) is 0 Å². The molecule has 0 aromatic carbocycles. The van der Waals surface area contributed by atoms with Crippen molar-refractivity contribution >= 4 is 11.8 Å². The summed E-state index contributed by atoms with van der Waals surface area (Å²) in [6, 6.07) is 1.46. The predicted molar refractivity (Wildman–Crippen MR) is 62.3 cm³/mol. The number of aromatic nitrogens is 4. The normalized spacial score (nSPS) is 10.4. The van der Waals surface area contributed by atoms with Crippen LogP contribution in [0.2, 0.25) is 0 Å². The van der Waals surface area contributed by atoms with E-state index < -0.39 is 0 Å². The SMILES string of the molecule is CSc1nc(-c2cnccn2)cc(=O)n1C. The first-order chi connectivity index (χ1) is 7.72. The van der Waals surface area contributed by atoms with Gasteiger partial charge in [-0.25, -0.2) is 4.98 Å². The highest BCUT2D eigenvalue weighted by Gasteiger charge is 2.07. The standard InChI is InChI=1S/C10H10N4OS/c1-14-9(15)5-7(13-10(14)16-2)8-6-11-3-4-12-8/h3-6H,1-2H3. The minimum Gasteiger partial charge on any atom is -0.291 e. The molecule has 0 radical (unpaired) electrons. The quantitative estimate of drug-likeness (QED) is 0.572. The highest BCUT2D eigenvalue weighted by Crippen LogP contribution is 2.15. The van der Waals surface area contributed by atoms with E-state index in [4.69, 9.17) is 0 Å². The van der Waals surface area contributed by atoms with E-state index in [0.29, 0.717) is 16.5 Å². The van der Waals surface area contributed by atoms with E-state index in [1.807, 2.05) is 6.26 Å². The first-order valence-electron chi connectivity index (χ1n) is 4.61. The first-order valence-corrected chi connectivity index (χ1v) is 5.83. The summed E-state index contributed by atoms with van der Waals surface area (Å²) in [6.45, 7) is 0. The molecule has 0 saturated carbocycles. The van der Waals surface area contributed by atoms with Gasteiger partial charge in [0.2, 0.25) is 0 Å². The topological polar surface area (TPSA) is 60.7 Å². The smallest absolute Gasteiger partial charge is 0.254 e. The Kier molecular flexibility index (Phi) is 3.00. The number of hydrogen-bond acceptors (Lipinski definition) is 5. The van der Waals surface area contributed by atoms with Gasteiger partial charge < -0.3 is 0 Å². The lowest BCUT2D eigenvalue weighted by molar-refractivity contribution is 0.711. The molecule has 82 valence electrons. The van der Waals surface area contributed by atoms with Crippen LogP contribution in [0, 0.1) is 0 Å². The average molecular weight is 234 g/mol. The van der Waals surface area contributed by atoms with Crippen molar-refractivity contribution in [2.75, 3.05) is 6.26 Å². The molecule has 16 heavy (non-hydrogen) atoms. The minimum atomic E-state index is -0.0972. The molecule has 2 aromatic rings. The van der Waals surface area contributed by atoms with Gasteiger partial charge in [-0.15, -0.1) is 0 Å². The molecule has 0 bridgehead atoms. The minimum absolute atomic E-state index is 0.0972. The van der Waals surface area contributed by atoms with E-state index in [9.17, 15) is 4.79 Å². The summed E-state index contributed by atoms with van der Waals surface area (Å²) in [5.74, 6) is 0. The van der Waals surface area contributed by atoms with Crippen LogP contribution in [0.15, 0.2) is 34.6 Å². The molecule has 0 atom stereocenters. The summed E-state index contributed by atoms with van der Waals surface area (Å²) in [6.07, 6.45) is 6.63. The third-order valence-corrected chi connectivity index (χ3v) is 2.83. The second-order valence-electron chi connectivity index (χ2n) is 3.12. The van der Waals surface area contributed by atoms with Crippen LogP contribution in [0.25, 0.3) is 11.4 Å². The molecule has 2 aromatic heterocycles. The van der Waals surface area contributed by atoms with Gasteiger partial charge in [0.05, 0.1) is 11.9 Å². The first kappa shape index (κ1) is 10.8. The van der Waals surface area contributed by atoms with E-state index in [-0.39, 0.29) is 5.56 Å². The zero-order valence-corrected chi connectivity index (χ0v) is 9.73. The summed E-state index contributed by atoms with van der Waals surface area (Å²) in [7, 11) is 1.70. The molecule has 0 N–H and O–H groups in total. The van der Waals surface area contributed by atoms with Crippen molar-refractivity contribution in [1.29, 1.82) is 0 Å². The van der Waals surface area contributed by atoms with Gasteiger partial charge in [0.1, 0.15) is 5.69 Å². The number of thioether (sulfide) groups is 1. The van der Waals surface area contributed by atoms with Gasteiger partial charge in [0, 0.05) is 25.5 Å². The van der Waals surface area contributed by atoms with E-state index in [1.54, 1.807) is 25.6 Å². The maximum absolute atomic E-state index is 11.7. The third-order valence-electron chi connectivity index (χ3n) is 2.10. The lowest BCUT2D eigenvalue weighted by atomic mass is 10.3. The number of nitrogens with zero attached hydrogens (tertiary/aromatic N) is 4. The molecule has 0 fully saturated rings. The van der Waals surface area contributed by atoms with E-state index >= 15 is 0 Å². The molecule has 5 nitrogen and oxygen atoms in total. The van der Waals surface area contributed by atoms with Gasteiger partial charge in [0.15, 0.2) is 5.16 Å². The fourth-order valence-electron chi connectivity index (χ4n) is 1.26. The second kappa shape index (κ2) is 4.44. The summed E-state index contributed by atoms with van der Waals surface area (Å²) < 4.78 is 1.50. The summed E-state index contributed by atoms with van der Waals surface area (Å²) in [5.41, 5.74) is 1.07. The Morgan fingerprint density at radius 3 is 2.75 bits per heavy atom. The van der Waals surface area contributed by atoms with Crippen molar-refractivity contribution in [3.8, 4) is 11.4 Å². The summed E-state index contributed by atoms with van der Waals surface area (Å²) in [5, 5.41) is 0.660. The maximum Gasteiger partial charge on any atom is 0.254 e. The average Bonchev–Trinajstić information content (AvgIpc) is 2.33. The molecule has 2 rings (SSSR count). The van der Waals surface area contributed by atoms with Crippen molar-refractivity contribution in [1.82, 2.24) is 19.5 Å². The molecule has 0 aliphatic heterocycles. The van der Waals surface area contributed by atoms with Crippen LogP contribution in [-0.2, 0) is 7.05 Å². The largest absolute Gasteiger partial charge is 0.291 e. The Hall–Kier alpha value is -1.69. The van der Waals surface area contributed by atoms with Crippen molar-refractivity contribution in [3.05, 3.63) is 35.0 Å². The van der Waals surface area contributed by atoms with Crippen LogP contribution in [0.4, 0.5) is 0 Å². The Balaban J connectivity index is 2.60. The highest BCUT2D eigenvalue weighted by molar-refractivity contribution is 7.98. The van der Waals surface area contributed by atoms with Crippen LogP contribution < -0.4 is 5.56 Å². The van der Waals surface area contributed by atoms with Crippen molar-refractivity contribution in [2.45, 2.75) is 5.16 Å². The fraction of sp³-hybridized carbons (Fsp3) is 0.200. The predicted octanol–water partition coefficient (Wildman–Crippen LogP) is 0.959. The lowest BCUT2D eigenvalue weighted by Gasteiger charge is -2.05. The third kappa shape index (κ3) is 1.96. The molecule has 6 heteroatoms. The van der Waals surface area contributed by atoms with E-state index in [1.165, 1.54) is 22.4 Å². The van der Waals surface area contributed by atoms with Crippen molar-refractivity contribution < 1.29 is 0 Å². The van der Waals surface area contributed by atoms with Gasteiger partial charge in [0.25, 0.3) is 5.56 Å². The molecule has 0 unspecified atom stereocenters. The monoisotopic (exact) mass is 234 g/mol. The van der Waals surface area contributed by atoms with Gasteiger partial charge in [-0.3, -0.25) is 19.3 Å². The van der Waals surface area contributed by atoms with Gasteiger partial charge in [-0.1, -0.05) is 11.8 Å². The van der Waals surface area contributed by atoms with E-state index in [2.05, 4.69) is 15.0 Å². The zero-order valence-electron chi connectivity index (χ0n) is 8.91. The molecule has 0 saturated heterocycles. The lowest BCUT2D eigenvalue weighted by Crippen LogP contribution is -2.19. The Morgan fingerprint density at radius 2 is 2.12 bits per heavy atom. The Morgan fingerprint density at radius 1 is 1.31 bits per heavy atom. The maximum atomic E-state index is 11.7.